The van der Waals surface area contributed by atoms with Gasteiger partial charge in [-0.2, -0.15) is 0 Å². The minimum atomic E-state index is 0.718. The van der Waals surface area contributed by atoms with Gasteiger partial charge >= 0.3 is 0 Å². The number of nitrogens with two attached hydrogens (primary N) is 1. The summed E-state index contributed by atoms with van der Waals surface area (Å²) in [7, 11) is 0. The van der Waals surface area contributed by atoms with Gasteiger partial charge in [-0.05, 0) is 51.2 Å². The summed E-state index contributed by atoms with van der Waals surface area (Å²) in [4.78, 5) is 6.51. The number of nitrogen functional groups attached to an aromatic ring is 1. The van der Waals surface area contributed by atoms with Gasteiger partial charge in [0.05, 0.1) is 11.4 Å². The lowest BCUT2D eigenvalue weighted by Gasteiger charge is -2.21. The molecule has 1 saturated heterocycles. The predicted octanol–water partition coefficient (Wildman–Crippen LogP) is 2.50. The van der Waals surface area contributed by atoms with E-state index in [-0.39, 0.29) is 0 Å². The topological polar surface area (TPSA) is 53.6 Å². The average Bonchev–Trinajstić information content (AvgIpc) is 2.77. The lowest BCUT2D eigenvalue weighted by atomic mass is 10.2. The van der Waals surface area contributed by atoms with E-state index >= 15 is 0 Å². The smallest absolute Gasteiger partial charge is 0.0874 e. The van der Waals surface area contributed by atoms with Crippen LogP contribution in [0.15, 0.2) is 23.2 Å². The van der Waals surface area contributed by atoms with E-state index in [1.54, 1.807) is 0 Å². The molecule has 0 saturated carbocycles. The molecule has 1 unspecified atom stereocenters. The van der Waals surface area contributed by atoms with Gasteiger partial charge in [0.2, 0.25) is 0 Å². The molecule has 0 aromatic heterocycles. The molecule has 18 heavy (non-hydrogen) atoms. The van der Waals surface area contributed by atoms with E-state index in [9.17, 15) is 0 Å². The fraction of sp³-hybridized carbons (Fsp3) is 0.500. The van der Waals surface area contributed by atoms with Gasteiger partial charge in [-0.15, -0.1) is 0 Å². The first-order valence-corrected chi connectivity index (χ1v) is 6.55. The van der Waals surface area contributed by atoms with Crippen molar-refractivity contribution in [2.45, 2.75) is 25.8 Å². The molecule has 4 nitrogen and oxygen atoms in total. The number of hydrogen-bond donors (Lipinski definition) is 2. The Kier molecular flexibility index (Phi) is 4.20. The minimum Gasteiger partial charge on any atom is -0.399 e. The molecule has 0 radical (unpaired) electrons. The highest BCUT2D eigenvalue weighted by atomic mass is 15.2. The Balaban J connectivity index is 1.88. The normalized spacial score (nSPS) is 19.9. The summed E-state index contributed by atoms with van der Waals surface area (Å²) in [6.45, 7) is 9.09. The third-order valence-electron chi connectivity index (χ3n) is 3.60. The second-order valence-electron chi connectivity index (χ2n) is 4.89. The first-order valence-electron chi connectivity index (χ1n) is 6.55. The van der Waals surface area contributed by atoms with Crippen LogP contribution in [0.1, 0.15) is 19.8 Å². The van der Waals surface area contributed by atoms with Gasteiger partial charge in [-0.25, -0.2) is 0 Å². The number of anilines is 2. The fourth-order valence-electron chi connectivity index (χ4n) is 2.49. The number of hydrogen-bond acceptors (Lipinski definition) is 4. The highest BCUT2D eigenvalue weighted by Crippen LogP contribution is 2.26. The van der Waals surface area contributed by atoms with Crippen LogP contribution in [0.25, 0.3) is 0 Å². The number of nitrogens with one attached hydrogen (secondary N) is 1. The van der Waals surface area contributed by atoms with Gasteiger partial charge < -0.3 is 11.1 Å². The van der Waals surface area contributed by atoms with Crippen molar-refractivity contribution in [2.24, 2.45) is 4.99 Å². The molecule has 2 rings (SSSR count). The summed E-state index contributed by atoms with van der Waals surface area (Å²) < 4.78 is 0. The molecule has 1 aromatic carbocycles. The van der Waals surface area contributed by atoms with E-state index in [2.05, 4.69) is 28.9 Å². The van der Waals surface area contributed by atoms with Crippen molar-refractivity contribution >= 4 is 23.8 Å². The number of nitrogens with zero attached hydrogens (tertiary/aromatic N) is 2. The van der Waals surface area contributed by atoms with E-state index in [4.69, 9.17) is 5.73 Å². The summed E-state index contributed by atoms with van der Waals surface area (Å²) in [6.07, 6.45) is 2.64. The van der Waals surface area contributed by atoms with E-state index in [1.165, 1.54) is 19.4 Å². The largest absolute Gasteiger partial charge is 0.399 e. The molecule has 1 aliphatic rings. The van der Waals surface area contributed by atoms with Gasteiger partial charge in [0.15, 0.2) is 0 Å². The van der Waals surface area contributed by atoms with Crippen LogP contribution >= 0.6 is 0 Å². The van der Waals surface area contributed by atoms with Gasteiger partial charge in [-0.3, -0.25) is 9.89 Å². The maximum Gasteiger partial charge on any atom is 0.0874 e. The molecule has 0 amide bonds. The van der Waals surface area contributed by atoms with Crippen molar-refractivity contribution < 1.29 is 0 Å². The SMILES string of the molecule is C=Nc1cc(N)ccc1NCCN1CCCC1C. The maximum atomic E-state index is 5.73. The highest BCUT2D eigenvalue weighted by Gasteiger charge is 2.19. The molecule has 1 aliphatic heterocycles. The fourth-order valence-corrected chi connectivity index (χ4v) is 2.49. The van der Waals surface area contributed by atoms with E-state index in [1.807, 2.05) is 18.2 Å². The Hall–Kier alpha value is -1.55. The Bertz CT molecular complexity index is 416. The Labute approximate surface area is 109 Å². The van der Waals surface area contributed by atoms with Crippen molar-refractivity contribution in [1.29, 1.82) is 0 Å². The first kappa shape index (κ1) is 12.9. The van der Waals surface area contributed by atoms with Crippen molar-refractivity contribution in [3.63, 3.8) is 0 Å². The zero-order valence-electron chi connectivity index (χ0n) is 11.0. The molecular formula is C14H22N4. The monoisotopic (exact) mass is 246 g/mol. The van der Waals surface area contributed by atoms with Gasteiger partial charge in [0.25, 0.3) is 0 Å². The summed E-state index contributed by atoms with van der Waals surface area (Å²) in [6, 6.07) is 6.41. The van der Waals surface area contributed by atoms with Crippen LogP contribution in [0.2, 0.25) is 0 Å². The zero-order valence-corrected chi connectivity index (χ0v) is 11.0. The molecule has 98 valence electrons. The molecule has 1 fully saturated rings. The molecule has 1 atom stereocenters. The van der Waals surface area contributed by atoms with Crippen molar-refractivity contribution in [2.75, 3.05) is 30.7 Å². The Morgan fingerprint density at radius 3 is 3.06 bits per heavy atom. The van der Waals surface area contributed by atoms with Gasteiger partial charge in [0, 0.05) is 24.8 Å². The molecule has 3 N–H and O–H groups in total. The number of benzene rings is 1. The van der Waals surface area contributed by atoms with Crippen LogP contribution < -0.4 is 11.1 Å². The maximum absolute atomic E-state index is 5.73. The first-order chi connectivity index (χ1) is 8.70. The molecule has 0 spiro atoms. The molecular weight excluding hydrogens is 224 g/mol. The number of aliphatic imine (C=N–C) groups is 1. The Morgan fingerprint density at radius 2 is 2.39 bits per heavy atom. The van der Waals surface area contributed by atoms with Gasteiger partial charge in [-0.1, -0.05) is 0 Å². The van der Waals surface area contributed by atoms with Crippen molar-refractivity contribution in [1.82, 2.24) is 4.90 Å². The van der Waals surface area contributed by atoms with E-state index < -0.39 is 0 Å². The third kappa shape index (κ3) is 3.01. The summed E-state index contributed by atoms with van der Waals surface area (Å²) in [5.74, 6) is 0. The second kappa shape index (κ2) is 5.87. The van der Waals surface area contributed by atoms with Crippen molar-refractivity contribution in [3.05, 3.63) is 18.2 Å². The van der Waals surface area contributed by atoms with E-state index in [0.717, 1.165) is 36.2 Å². The van der Waals surface area contributed by atoms with Crippen LogP contribution in [0, 0.1) is 0 Å². The van der Waals surface area contributed by atoms with Crippen LogP contribution in [0.3, 0.4) is 0 Å². The average molecular weight is 246 g/mol. The van der Waals surface area contributed by atoms with Crippen molar-refractivity contribution in [3.8, 4) is 0 Å². The van der Waals surface area contributed by atoms with E-state index in [0.29, 0.717) is 0 Å². The standard InChI is InChI=1S/C14H22N4/c1-11-4-3-8-18(11)9-7-17-13-6-5-12(15)10-14(13)16-2/h5-6,10-11,17H,2-4,7-9,15H2,1H3. The van der Waals surface area contributed by atoms with Crippen LogP contribution in [-0.4, -0.2) is 37.3 Å². The van der Waals surface area contributed by atoms with Crippen LogP contribution in [0.4, 0.5) is 17.1 Å². The summed E-state index contributed by atoms with van der Waals surface area (Å²) in [5, 5.41) is 3.41. The summed E-state index contributed by atoms with van der Waals surface area (Å²) in [5.41, 5.74) is 8.27. The highest BCUT2D eigenvalue weighted by molar-refractivity contribution is 5.71. The quantitative estimate of drug-likeness (QED) is 0.620. The molecule has 1 heterocycles. The summed E-state index contributed by atoms with van der Waals surface area (Å²) >= 11 is 0. The van der Waals surface area contributed by atoms with Crippen LogP contribution in [0.5, 0.6) is 0 Å². The molecule has 1 aromatic rings. The lowest BCUT2D eigenvalue weighted by molar-refractivity contribution is 0.279. The van der Waals surface area contributed by atoms with Crippen LogP contribution in [-0.2, 0) is 0 Å². The molecule has 0 aliphatic carbocycles. The second-order valence-corrected chi connectivity index (χ2v) is 4.89. The zero-order chi connectivity index (χ0) is 13.0. The molecule has 0 bridgehead atoms. The molecule has 4 heteroatoms. The Morgan fingerprint density at radius 1 is 1.56 bits per heavy atom. The van der Waals surface area contributed by atoms with Gasteiger partial charge in [0.1, 0.15) is 0 Å². The predicted molar refractivity (Wildman–Crippen MR) is 78.8 cm³/mol. The number of rotatable bonds is 5. The minimum absolute atomic E-state index is 0.718. The lowest BCUT2D eigenvalue weighted by Crippen LogP contribution is -2.31. The number of likely N-dealkylation sites (tertiary alicyclic amines) is 1. The third-order valence-corrected chi connectivity index (χ3v) is 3.60.